The Kier molecular flexibility index (Phi) is 5.21. The van der Waals surface area contributed by atoms with E-state index in [1.54, 1.807) is 0 Å². The first-order valence-electron chi connectivity index (χ1n) is 8.39. The van der Waals surface area contributed by atoms with Crippen LogP contribution in [-0.4, -0.2) is 36.4 Å². The Morgan fingerprint density at radius 3 is 2.22 bits per heavy atom. The van der Waals surface area contributed by atoms with Gasteiger partial charge in [0.2, 0.25) is 0 Å². The number of carbonyl (C=O) groups is 1. The van der Waals surface area contributed by atoms with Crippen molar-refractivity contribution in [3.8, 4) is 0 Å². The monoisotopic (exact) mass is 308 g/mol. The second-order valence-corrected chi connectivity index (χ2v) is 6.32. The van der Waals surface area contributed by atoms with Crippen LogP contribution in [0.25, 0.3) is 0 Å². The Balaban J connectivity index is 1.56. The molecule has 3 heteroatoms. The van der Waals surface area contributed by atoms with Gasteiger partial charge in [-0.3, -0.25) is 4.79 Å². The lowest BCUT2D eigenvalue weighted by molar-refractivity contribution is 0.103. The van der Waals surface area contributed by atoms with Gasteiger partial charge >= 0.3 is 0 Å². The van der Waals surface area contributed by atoms with Gasteiger partial charge in [-0.25, -0.2) is 0 Å². The summed E-state index contributed by atoms with van der Waals surface area (Å²) in [7, 11) is 0. The molecule has 0 radical (unpaired) electrons. The van der Waals surface area contributed by atoms with Crippen LogP contribution in [0.4, 0.5) is 0 Å². The first-order valence-corrected chi connectivity index (χ1v) is 8.39. The first kappa shape index (κ1) is 15.9. The van der Waals surface area contributed by atoms with Crippen LogP contribution >= 0.6 is 0 Å². The number of rotatable bonds is 5. The van der Waals surface area contributed by atoms with Gasteiger partial charge in [0.1, 0.15) is 0 Å². The molecule has 2 N–H and O–H groups in total. The van der Waals surface area contributed by atoms with E-state index in [9.17, 15) is 4.79 Å². The lowest BCUT2D eigenvalue weighted by atomic mass is 10.0. The van der Waals surface area contributed by atoms with Gasteiger partial charge < -0.3 is 10.6 Å². The number of nitrogens with two attached hydrogens (primary N) is 1. The molecular formula is C20H24N2O. The summed E-state index contributed by atoms with van der Waals surface area (Å²) >= 11 is 0. The molecule has 0 amide bonds. The quantitative estimate of drug-likeness (QED) is 0.864. The predicted octanol–water partition coefficient (Wildman–Crippen LogP) is 2.88. The maximum absolute atomic E-state index is 12.4. The molecule has 1 heterocycles. The number of benzene rings is 2. The molecule has 0 saturated carbocycles. The van der Waals surface area contributed by atoms with Gasteiger partial charge in [-0.15, -0.1) is 0 Å². The highest BCUT2D eigenvalue weighted by molar-refractivity contribution is 6.08. The van der Waals surface area contributed by atoms with Gasteiger partial charge in [0.15, 0.2) is 5.78 Å². The smallest absolute Gasteiger partial charge is 0.193 e. The fourth-order valence-electron chi connectivity index (χ4n) is 3.04. The molecule has 0 atom stereocenters. The van der Waals surface area contributed by atoms with Crippen molar-refractivity contribution in [2.75, 3.05) is 19.6 Å². The van der Waals surface area contributed by atoms with E-state index in [1.165, 1.54) is 5.56 Å². The summed E-state index contributed by atoms with van der Waals surface area (Å²) in [6.45, 7) is 3.27. The van der Waals surface area contributed by atoms with Crippen molar-refractivity contribution < 1.29 is 4.79 Å². The minimum atomic E-state index is 0.0853. The molecule has 2 aromatic carbocycles. The second kappa shape index (κ2) is 7.53. The molecule has 1 aliphatic heterocycles. The fourth-order valence-corrected chi connectivity index (χ4v) is 3.04. The standard InChI is InChI=1S/C20H24N2O/c21-19-11-14-22(15-12-19)13-10-16-6-8-18(9-7-16)20(23)17-4-2-1-3-5-17/h1-9,19H,10-15,21H2. The van der Waals surface area contributed by atoms with Crippen LogP contribution in [0.3, 0.4) is 0 Å². The van der Waals surface area contributed by atoms with E-state index in [0.29, 0.717) is 6.04 Å². The molecule has 0 bridgehead atoms. The molecule has 1 saturated heterocycles. The zero-order chi connectivity index (χ0) is 16.1. The molecule has 3 nitrogen and oxygen atoms in total. The van der Waals surface area contributed by atoms with Crippen LogP contribution < -0.4 is 5.73 Å². The minimum absolute atomic E-state index is 0.0853. The zero-order valence-corrected chi connectivity index (χ0v) is 13.4. The number of piperidine rings is 1. The van der Waals surface area contributed by atoms with Gasteiger partial charge in [-0.05, 0) is 37.9 Å². The number of nitrogens with zero attached hydrogens (tertiary/aromatic N) is 1. The molecule has 0 unspecified atom stereocenters. The maximum atomic E-state index is 12.4. The predicted molar refractivity (Wildman–Crippen MR) is 93.7 cm³/mol. The highest BCUT2D eigenvalue weighted by atomic mass is 16.1. The lowest BCUT2D eigenvalue weighted by Gasteiger charge is -2.29. The first-order chi connectivity index (χ1) is 11.2. The number of ketones is 1. The van der Waals surface area contributed by atoms with E-state index in [0.717, 1.165) is 50.0 Å². The summed E-state index contributed by atoms with van der Waals surface area (Å²) in [5, 5.41) is 0. The minimum Gasteiger partial charge on any atom is -0.328 e. The summed E-state index contributed by atoms with van der Waals surface area (Å²) in [6, 6.07) is 17.8. The Morgan fingerprint density at radius 1 is 0.957 bits per heavy atom. The molecule has 1 fully saturated rings. The van der Waals surface area contributed by atoms with Crippen molar-refractivity contribution in [2.45, 2.75) is 25.3 Å². The molecular weight excluding hydrogens is 284 g/mol. The molecule has 2 aromatic rings. The van der Waals surface area contributed by atoms with Crippen molar-refractivity contribution in [1.82, 2.24) is 4.90 Å². The summed E-state index contributed by atoms with van der Waals surface area (Å²) in [6.07, 6.45) is 3.23. The highest BCUT2D eigenvalue weighted by Gasteiger charge is 2.15. The Bertz CT molecular complexity index is 628. The average Bonchev–Trinajstić information content (AvgIpc) is 2.62. The van der Waals surface area contributed by atoms with E-state index in [1.807, 2.05) is 42.5 Å². The van der Waals surface area contributed by atoms with E-state index >= 15 is 0 Å². The molecule has 0 spiro atoms. The third kappa shape index (κ3) is 4.27. The van der Waals surface area contributed by atoms with Crippen LogP contribution in [-0.2, 0) is 6.42 Å². The number of carbonyl (C=O) groups excluding carboxylic acids is 1. The van der Waals surface area contributed by atoms with Crippen molar-refractivity contribution in [3.63, 3.8) is 0 Å². The van der Waals surface area contributed by atoms with Crippen molar-refractivity contribution in [2.24, 2.45) is 5.73 Å². The van der Waals surface area contributed by atoms with Crippen LogP contribution in [0.15, 0.2) is 54.6 Å². The van der Waals surface area contributed by atoms with Gasteiger partial charge in [0.05, 0.1) is 0 Å². The molecule has 1 aliphatic rings. The Hall–Kier alpha value is -1.97. The number of hydrogen-bond donors (Lipinski definition) is 1. The van der Waals surface area contributed by atoms with Crippen LogP contribution in [0.1, 0.15) is 34.3 Å². The van der Waals surface area contributed by atoms with E-state index in [-0.39, 0.29) is 5.78 Å². The molecule has 3 rings (SSSR count). The normalized spacial score (nSPS) is 16.4. The number of likely N-dealkylation sites (tertiary alicyclic amines) is 1. The van der Waals surface area contributed by atoms with Crippen LogP contribution in [0.5, 0.6) is 0 Å². The Morgan fingerprint density at radius 2 is 1.57 bits per heavy atom. The summed E-state index contributed by atoms with van der Waals surface area (Å²) in [5.74, 6) is 0.0853. The third-order valence-electron chi connectivity index (χ3n) is 4.60. The molecule has 0 aromatic heterocycles. The van der Waals surface area contributed by atoms with Gasteiger partial charge in [-0.2, -0.15) is 0 Å². The van der Waals surface area contributed by atoms with Crippen molar-refractivity contribution in [1.29, 1.82) is 0 Å². The van der Waals surface area contributed by atoms with Crippen LogP contribution in [0, 0.1) is 0 Å². The molecule has 0 aliphatic carbocycles. The van der Waals surface area contributed by atoms with Gasteiger partial charge in [0.25, 0.3) is 0 Å². The summed E-state index contributed by atoms with van der Waals surface area (Å²) < 4.78 is 0. The second-order valence-electron chi connectivity index (χ2n) is 6.32. The van der Waals surface area contributed by atoms with E-state index in [4.69, 9.17) is 5.73 Å². The van der Waals surface area contributed by atoms with Crippen molar-refractivity contribution in [3.05, 3.63) is 71.3 Å². The SMILES string of the molecule is NC1CCN(CCc2ccc(C(=O)c3ccccc3)cc2)CC1. The van der Waals surface area contributed by atoms with Crippen molar-refractivity contribution >= 4 is 5.78 Å². The lowest BCUT2D eigenvalue weighted by Crippen LogP contribution is -2.40. The maximum Gasteiger partial charge on any atom is 0.193 e. The topological polar surface area (TPSA) is 46.3 Å². The van der Waals surface area contributed by atoms with Gasteiger partial charge in [0, 0.05) is 23.7 Å². The fraction of sp³-hybridized carbons (Fsp3) is 0.350. The van der Waals surface area contributed by atoms with Crippen LogP contribution in [0.2, 0.25) is 0 Å². The zero-order valence-electron chi connectivity index (χ0n) is 13.4. The van der Waals surface area contributed by atoms with E-state index < -0.39 is 0 Å². The third-order valence-corrected chi connectivity index (χ3v) is 4.60. The molecule has 120 valence electrons. The Labute approximate surface area is 138 Å². The largest absolute Gasteiger partial charge is 0.328 e. The van der Waals surface area contributed by atoms with E-state index in [2.05, 4.69) is 17.0 Å². The van der Waals surface area contributed by atoms with Gasteiger partial charge in [-0.1, -0.05) is 54.6 Å². The highest BCUT2D eigenvalue weighted by Crippen LogP contribution is 2.13. The summed E-state index contributed by atoms with van der Waals surface area (Å²) in [5.41, 5.74) is 8.71. The molecule has 23 heavy (non-hydrogen) atoms. The number of hydrogen-bond acceptors (Lipinski definition) is 3. The average molecular weight is 308 g/mol. The summed E-state index contributed by atoms with van der Waals surface area (Å²) in [4.78, 5) is 14.9.